The minimum absolute atomic E-state index is 0.775. The summed E-state index contributed by atoms with van der Waals surface area (Å²) in [5.41, 5.74) is 0. The Balaban J connectivity index is 3.41. The summed E-state index contributed by atoms with van der Waals surface area (Å²) >= 11 is 1.92. The van der Waals surface area contributed by atoms with E-state index in [0.717, 1.165) is 6.04 Å². The molecule has 80 valence electrons. The standard InChI is InChI=1S/C11H25NS/c1-4-6-8-11(7-5-2)12-9-10-13-3/h11-12H,4-10H2,1-3H3. The quantitative estimate of drug-likeness (QED) is 0.577. The Hall–Kier alpha value is 0.310. The van der Waals surface area contributed by atoms with E-state index >= 15 is 0 Å². The van der Waals surface area contributed by atoms with E-state index in [1.54, 1.807) is 0 Å². The molecule has 1 atom stereocenters. The molecule has 0 aromatic rings. The summed E-state index contributed by atoms with van der Waals surface area (Å²) in [5.74, 6) is 1.24. The summed E-state index contributed by atoms with van der Waals surface area (Å²) in [5, 5.41) is 3.64. The number of hydrogen-bond acceptors (Lipinski definition) is 2. The van der Waals surface area contributed by atoms with Crippen molar-refractivity contribution in [2.75, 3.05) is 18.6 Å². The van der Waals surface area contributed by atoms with Gasteiger partial charge in [-0.25, -0.2) is 0 Å². The molecular weight excluding hydrogens is 178 g/mol. The number of rotatable bonds is 9. The van der Waals surface area contributed by atoms with Crippen LogP contribution in [0, 0.1) is 0 Å². The average molecular weight is 203 g/mol. The van der Waals surface area contributed by atoms with Crippen LogP contribution in [0.1, 0.15) is 46.0 Å². The SMILES string of the molecule is CCCCC(CCC)NCCSC. The summed E-state index contributed by atoms with van der Waals surface area (Å²) in [4.78, 5) is 0. The monoisotopic (exact) mass is 203 g/mol. The molecule has 0 amide bonds. The van der Waals surface area contributed by atoms with Gasteiger partial charge in [-0.05, 0) is 19.1 Å². The predicted octanol–water partition coefficient (Wildman–Crippen LogP) is 3.30. The van der Waals surface area contributed by atoms with Crippen LogP contribution in [0.3, 0.4) is 0 Å². The van der Waals surface area contributed by atoms with Gasteiger partial charge < -0.3 is 5.32 Å². The summed E-state index contributed by atoms with van der Waals surface area (Å²) in [6.07, 6.45) is 8.87. The molecule has 0 spiro atoms. The first-order valence-corrected chi connectivity index (χ1v) is 6.96. The van der Waals surface area contributed by atoms with Crippen LogP contribution in [0.2, 0.25) is 0 Å². The first-order chi connectivity index (χ1) is 6.35. The van der Waals surface area contributed by atoms with Crippen molar-refractivity contribution in [1.82, 2.24) is 5.32 Å². The Morgan fingerprint density at radius 2 is 1.92 bits per heavy atom. The lowest BCUT2D eigenvalue weighted by Crippen LogP contribution is -2.30. The first kappa shape index (κ1) is 13.3. The Morgan fingerprint density at radius 3 is 2.46 bits per heavy atom. The predicted molar refractivity (Wildman–Crippen MR) is 64.6 cm³/mol. The molecule has 1 nitrogen and oxygen atoms in total. The zero-order valence-electron chi connectivity index (χ0n) is 9.44. The van der Waals surface area contributed by atoms with Crippen LogP contribution in [0.4, 0.5) is 0 Å². The second-order valence-corrected chi connectivity index (χ2v) is 4.56. The van der Waals surface area contributed by atoms with E-state index in [1.165, 1.54) is 44.4 Å². The molecule has 0 heterocycles. The molecule has 0 aliphatic heterocycles. The Bertz CT molecular complexity index is 96.1. The van der Waals surface area contributed by atoms with E-state index in [4.69, 9.17) is 0 Å². The molecule has 13 heavy (non-hydrogen) atoms. The highest BCUT2D eigenvalue weighted by Gasteiger charge is 2.04. The molecule has 1 unspecified atom stereocenters. The maximum atomic E-state index is 3.64. The minimum atomic E-state index is 0.775. The maximum Gasteiger partial charge on any atom is 0.00672 e. The third kappa shape index (κ3) is 8.63. The largest absolute Gasteiger partial charge is 0.313 e. The molecule has 0 bridgehead atoms. The molecule has 0 radical (unpaired) electrons. The van der Waals surface area contributed by atoms with Gasteiger partial charge in [0.2, 0.25) is 0 Å². The van der Waals surface area contributed by atoms with Crippen molar-refractivity contribution in [3.63, 3.8) is 0 Å². The lowest BCUT2D eigenvalue weighted by atomic mass is 10.1. The van der Waals surface area contributed by atoms with E-state index in [2.05, 4.69) is 25.4 Å². The fourth-order valence-electron chi connectivity index (χ4n) is 1.51. The summed E-state index contributed by atoms with van der Waals surface area (Å²) in [6.45, 7) is 5.72. The Morgan fingerprint density at radius 1 is 1.15 bits per heavy atom. The molecular formula is C11H25NS. The summed E-state index contributed by atoms with van der Waals surface area (Å²) in [6, 6.07) is 0.775. The van der Waals surface area contributed by atoms with Crippen molar-refractivity contribution in [3.05, 3.63) is 0 Å². The molecule has 0 aromatic heterocycles. The van der Waals surface area contributed by atoms with Gasteiger partial charge in [-0.3, -0.25) is 0 Å². The molecule has 0 aromatic carbocycles. The highest BCUT2D eigenvalue weighted by atomic mass is 32.2. The molecule has 0 aliphatic carbocycles. The number of hydrogen-bond donors (Lipinski definition) is 1. The van der Waals surface area contributed by atoms with Crippen molar-refractivity contribution < 1.29 is 0 Å². The third-order valence-electron chi connectivity index (χ3n) is 2.28. The molecule has 0 saturated carbocycles. The fourth-order valence-corrected chi connectivity index (χ4v) is 1.83. The van der Waals surface area contributed by atoms with E-state index in [1.807, 2.05) is 11.8 Å². The number of unbranched alkanes of at least 4 members (excludes halogenated alkanes) is 1. The van der Waals surface area contributed by atoms with Crippen LogP contribution in [0.25, 0.3) is 0 Å². The van der Waals surface area contributed by atoms with Gasteiger partial charge in [0, 0.05) is 18.3 Å². The van der Waals surface area contributed by atoms with Gasteiger partial charge in [-0.15, -0.1) is 0 Å². The molecule has 2 heteroatoms. The van der Waals surface area contributed by atoms with Crippen LogP contribution in [0.15, 0.2) is 0 Å². The Kier molecular flexibility index (Phi) is 10.6. The highest BCUT2D eigenvalue weighted by molar-refractivity contribution is 7.98. The van der Waals surface area contributed by atoms with Crippen molar-refractivity contribution in [3.8, 4) is 0 Å². The summed E-state index contributed by atoms with van der Waals surface area (Å²) < 4.78 is 0. The molecule has 0 rings (SSSR count). The number of thioether (sulfide) groups is 1. The fraction of sp³-hybridized carbons (Fsp3) is 1.00. The molecule has 0 fully saturated rings. The van der Waals surface area contributed by atoms with Crippen molar-refractivity contribution >= 4 is 11.8 Å². The smallest absolute Gasteiger partial charge is 0.00672 e. The van der Waals surface area contributed by atoms with Gasteiger partial charge in [0.25, 0.3) is 0 Å². The van der Waals surface area contributed by atoms with Crippen molar-refractivity contribution in [1.29, 1.82) is 0 Å². The van der Waals surface area contributed by atoms with Gasteiger partial charge in [0.1, 0.15) is 0 Å². The second kappa shape index (κ2) is 10.4. The molecule has 0 saturated heterocycles. The van der Waals surface area contributed by atoms with Gasteiger partial charge in [0.05, 0.1) is 0 Å². The van der Waals surface area contributed by atoms with Crippen LogP contribution >= 0.6 is 11.8 Å². The third-order valence-corrected chi connectivity index (χ3v) is 2.89. The van der Waals surface area contributed by atoms with Crippen molar-refractivity contribution in [2.24, 2.45) is 0 Å². The lowest BCUT2D eigenvalue weighted by Gasteiger charge is -2.17. The van der Waals surface area contributed by atoms with E-state index < -0.39 is 0 Å². The van der Waals surface area contributed by atoms with Crippen LogP contribution in [-0.4, -0.2) is 24.6 Å². The van der Waals surface area contributed by atoms with Crippen LogP contribution in [-0.2, 0) is 0 Å². The minimum Gasteiger partial charge on any atom is -0.313 e. The zero-order chi connectivity index (χ0) is 9.94. The average Bonchev–Trinajstić information content (AvgIpc) is 2.14. The molecule has 1 N–H and O–H groups in total. The molecule has 0 aliphatic rings. The van der Waals surface area contributed by atoms with E-state index in [9.17, 15) is 0 Å². The second-order valence-electron chi connectivity index (χ2n) is 3.57. The van der Waals surface area contributed by atoms with Crippen LogP contribution < -0.4 is 5.32 Å². The van der Waals surface area contributed by atoms with Crippen LogP contribution in [0.5, 0.6) is 0 Å². The zero-order valence-corrected chi connectivity index (χ0v) is 10.3. The van der Waals surface area contributed by atoms with Gasteiger partial charge in [-0.2, -0.15) is 11.8 Å². The lowest BCUT2D eigenvalue weighted by molar-refractivity contribution is 0.446. The van der Waals surface area contributed by atoms with Gasteiger partial charge >= 0.3 is 0 Å². The van der Waals surface area contributed by atoms with E-state index in [0.29, 0.717) is 0 Å². The topological polar surface area (TPSA) is 12.0 Å². The highest BCUT2D eigenvalue weighted by Crippen LogP contribution is 2.06. The van der Waals surface area contributed by atoms with Crippen molar-refractivity contribution in [2.45, 2.75) is 52.0 Å². The normalized spacial score (nSPS) is 13.2. The maximum absolute atomic E-state index is 3.64. The summed E-state index contributed by atoms with van der Waals surface area (Å²) in [7, 11) is 0. The van der Waals surface area contributed by atoms with Gasteiger partial charge in [-0.1, -0.05) is 33.1 Å². The Labute approximate surface area is 88.1 Å². The first-order valence-electron chi connectivity index (χ1n) is 5.57. The van der Waals surface area contributed by atoms with E-state index in [-0.39, 0.29) is 0 Å². The van der Waals surface area contributed by atoms with Gasteiger partial charge in [0.15, 0.2) is 0 Å². The number of nitrogens with one attached hydrogen (secondary N) is 1.